The van der Waals surface area contributed by atoms with Gasteiger partial charge in [-0.3, -0.25) is 4.68 Å². The number of nitrogens with two attached hydrogens (primary N) is 1. The molecule has 78 valence electrons. The lowest BCUT2D eigenvalue weighted by Crippen LogP contribution is -1.96. The molecule has 15 heavy (non-hydrogen) atoms. The number of aromatic hydroxyl groups is 1. The van der Waals surface area contributed by atoms with Gasteiger partial charge in [-0.1, -0.05) is 17.7 Å². The normalized spacial score (nSPS) is 10.5. The lowest BCUT2D eigenvalue weighted by atomic mass is 10.1. The van der Waals surface area contributed by atoms with Gasteiger partial charge in [0.25, 0.3) is 0 Å². The Labute approximate surface area is 91.9 Å². The summed E-state index contributed by atoms with van der Waals surface area (Å²) in [5.41, 5.74) is 7.51. The van der Waals surface area contributed by atoms with Crippen molar-refractivity contribution in [3.05, 3.63) is 29.4 Å². The van der Waals surface area contributed by atoms with E-state index in [9.17, 15) is 5.11 Å². The number of benzene rings is 1. The fourth-order valence-corrected chi connectivity index (χ4v) is 1.67. The summed E-state index contributed by atoms with van der Waals surface area (Å²) in [5, 5.41) is 14.1. The number of hydrogen-bond acceptors (Lipinski definition) is 3. The molecule has 0 spiro atoms. The number of aromatic nitrogens is 2. The van der Waals surface area contributed by atoms with Crippen LogP contribution in [0.5, 0.6) is 5.75 Å². The Morgan fingerprint density at radius 2 is 2.20 bits per heavy atom. The lowest BCUT2D eigenvalue weighted by molar-refractivity contribution is 0.477. The molecule has 0 unspecified atom stereocenters. The molecule has 0 atom stereocenters. The van der Waals surface area contributed by atoms with Crippen LogP contribution in [-0.4, -0.2) is 14.9 Å². The summed E-state index contributed by atoms with van der Waals surface area (Å²) in [6, 6.07) is 5.12. The van der Waals surface area contributed by atoms with E-state index in [0.29, 0.717) is 22.0 Å². The first kappa shape index (κ1) is 9.86. The van der Waals surface area contributed by atoms with Gasteiger partial charge >= 0.3 is 0 Å². The Balaban J connectivity index is 2.69. The van der Waals surface area contributed by atoms with Crippen LogP contribution >= 0.6 is 11.6 Å². The van der Waals surface area contributed by atoms with Gasteiger partial charge in [0.2, 0.25) is 0 Å². The largest absolute Gasteiger partial charge is 0.506 e. The Morgan fingerprint density at radius 1 is 1.47 bits per heavy atom. The molecule has 0 fully saturated rings. The highest BCUT2D eigenvalue weighted by molar-refractivity contribution is 6.32. The number of phenols is 1. The van der Waals surface area contributed by atoms with E-state index in [4.69, 9.17) is 17.3 Å². The number of phenolic OH excluding ortho intramolecular Hbond substituents is 1. The molecule has 0 radical (unpaired) electrons. The van der Waals surface area contributed by atoms with Gasteiger partial charge in [-0.25, -0.2) is 0 Å². The summed E-state index contributed by atoms with van der Waals surface area (Å²) in [6.07, 6.45) is 1.54. The highest BCUT2D eigenvalue weighted by Gasteiger charge is 2.13. The molecule has 4 nitrogen and oxygen atoms in total. The van der Waals surface area contributed by atoms with Gasteiger partial charge in [-0.2, -0.15) is 5.10 Å². The van der Waals surface area contributed by atoms with Crippen LogP contribution in [-0.2, 0) is 7.05 Å². The Kier molecular flexibility index (Phi) is 2.28. The van der Waals surface area contributed by atoms with Crippen molar-refractivity contribution in [3.8, 4) is 17.0 Å². The summed E-state index contributed by atoms with van der Waals surface area (Å²) in [7, 11) is 1.76. The zero-order valence-corrected chi connectivity index (χ0v) is 8.86. The average molecular weight is 224 g/mol. The standard InChI is InChI=1S/C10H10ClN3O/c1-14-9(8(12)5-13-14)6-3-2-4-7(11)10(6)15/h2-5,15H,12H2,1H3. The highest BCUT2D eigenvalue weighted by Crippen LogP contribution is 2.36. The number of halogens is 1. The molecule has 0 aliphatic heterocycles. The van der Waals surface area contributed by atoms with Crippen LogP contribution in [0.15, 0.2) is 24.4 Å². The van der Waals surface area contributed by atoms with E-state index in [1.807, 2.05) is 0 Å². The monoisotopic (exact) mass is 223 g/mol. The quantitative estimate of drug-likeness (QED) is 0.778. The average Bonchev–Trinajstić information content (AvgIpc) is 2.52. The molecule has 5 heteroatoms. The SMILES string of the molecule is Cn1ncc(N)c1-c1cccc(Cl)c1O. The van der Waals surface area contributed by atoms with Gasteiger partial charge in [0.1, 0.15) is 5.75 Å². The number of aryl methyl sites for hydroxylation is 1. The third kappa shape index (κ3) is 1.53. The molecular weight excluding hydrogens is 214 g/mol. The number of nitrogen functional groups attached to an aromatic ring is 1. The van der Waals surface area contributed by atoms with Crippen LogP contribution in [0.3, 0.4) is 0 Å². The zero-order valence-electron chi connectivity index (χ0n) is 8.11. The summed E-state index contributed by atoms with van der Waals surface area (Å²) in [5.74, 6) is 0.0227. The van der Waals surface area contributed by atoms with Crippen molar-refractivity contribution < 1.29 is 5.11 Å². The third-order valence-electron chi connectivity index (χ3n) is 2.21. The van der Waals surface area contributed by atoms with Gasteiger partial charge in [-0.05, 0) is 12.1 Å². The molecule has 2 aromatic rings. The molecule has 2 rings (SSSR count). The van der Waals surface area contributed by atoms with Crippen molar-refractivity contribution >= 4 is 17.3 Å². The summed E-state index contributed by atoms with van der Waals surface area (Å²) in [4.78, 5) is 0. The van der Waals surface area contributed by atoms with Crippen LogP contribution in [0, 0.1) is 0 Å². The molecule has 3 N–H and O–H groups in total. The van der Waals surface area contributed by atoms with Gasteiger partial charge in [0, 0.05) is 12.6 Å². The smallest absolute Gasteiger partial charge is 0.143 e. The summed E-state index contributed by atoms with van der Waals surface area (Å²) in [6.45, 7) is 0. The van der Waals surface area contributed by atoms with Crippen molar-refractivity contribution in [1.82, 2.24) is 9.78 Å². The molecule has 1 aromatic heterocycles. The minimum absolute atomic E-state index is 0.0227. The first-order valence-electron chi connectivity index (χ1n) is 4.36. The highest BCUT2D eigenvalue weighted by atomic mass is 35.5. The maximum Gasteiger partial charge on any atom is 0.143 e. The maximum absolute atomic E-state index is 9.79. The Bertz CT molecular complexity index is 488. The minimum Gasteiger partial charge on any atom is -0.506 e. The van der Waals surface area contributed by atoms with Crippen LogP contribution in [0.25, 0.3) is 11.3 Å². The van der Waals surface area contributed by atoms with Gasteiger partial charge < -0.3 is 10.8 Å². The van der Waals surface area contributed by atoms with Crippen molar-refractivity contribution in [2.75, 3.05) is 5.73 Å². The van der Waals surface area contributed by atoms with Gasteiger partial charge in [-0.15, -0.1) is 0 Å². The number of rotatable bonds is 1. The number of anilines is 1. The molecule has 0 bridgehead atoms. The predicted octanol–water partition coefficient (Wildman–Crippen LogP) is 2.03. The molecule has 0 amide bonds. The van der Waals surface area contributed by atoms with Gasteiger partial charge in [0.05, 0.1) is 22.6 Å². The van der Waals surface area contributed by atoms with Crippen molar-refractivity contribution in [3.63, 3.8) is 0 Å². The third-order valence-corrected chi connectivity index (χ3v) is 2.51. The maximum atomic E-state index is 9.79. The first-order chi connectivity index (χ1) is 7.11. The van der Waals surface area contributed by atoms with Crippen molar-refractivity contribution in [2.45, 2.75) is 0 Å². The molecule has 1 aromatic carbocycles. The fourth-order valence-electron chi connectivity index (χ4n) is 1.49. The van der Waals surface area contributed by atoms with Crippen LogP contribution in [0.1, 0.15) is 0 Å². The molecule has 0 aliphatic rings. The van der Waals surface area contributed by atoms with E-state index in [0.717, 1.165) is 0 Å². The predicted molar refractivity (Wildman–Crippen MR) is 59.7 cm³/mol. The van der Waals surface area contributed by atoms with Gasteiger partial charge in [0.15, 0.2) is 0 Å². The van der Waals surface area contributed by atoms with E-state index in [-0.39, 0.29) is 5.75 Å². The molecule has 0 saturated heterocycles. The van der Waals surface area contributed by atoms with Crippen molar-refractivity contribution in [2.24, 2.45) is 7.05 Å². The lowest BCUT2D eigenvalue weighted by Gasteiger charge is -2.07. The van der Waals surface area contributed by atoms with Crippen LogP contribution in [0.2, 0.25) is 5.02 Å². The molecule has 1 heterocycles. The summed E-state index contributed by atoms with van der Waals surface area (Å²) < 4.78 is 1.60. The summed E-state index contributed by atoms with van der Waals surface area (Å²) >= 11 is 5.81. The second kappa shape index (κ2) is 3.47. The van der Waals surface area contributed by atoms with Crippen molar-refractivity contribution in [1.29, 1.82) is 0 Å². The van der Waals surface area contributed by atoms with E-state index in [1.54, 1.807) is 29.9 Å². The van der Waals surface area contributed by atoms with E-state index in [1.165, 1.54) is 6.20 Å². The Hall–Kier alpha value is -1.68. The first-order valence-corrected chi connectivity index (χ1v) is 4.74. The minimum atomic E-state index is 0.0227. The molecule has 0 saturated carbocycles. The molecule has 0 aliphatic carbocycles. The van der Waals surface area contributed by atoms with Crippen LogP contribution in [0.4, 0.5) is 5.69 Å². The van der Waals surface area contributed by atoms with Crippen LogP contribution < -0.4 is 5.73 Å². The second-order valence-corrected chi connectivity index (χ2v) is 3.62. The zero-order chi connectivity index (χ0) is 11.0. The van der Waals surface area contributed by atoms with E-state index < -0.39 is 0 Å². The second-order valence-electron chi connectivity index (χ2n) is 3.21. The van der Waals surface area contributed by atoms with E-state index in [2.05, 4.69) is 5.10 Å². The number of para-hydroxylation sites is 1. The fraction of sp³-hybridized carbons (Fsp3) is 0.100. The number of hydrogen-bond donors (Lipinski definition) is 2. The number of nitrogens with zero attached hydrogens (tertiary/aromatic N) is 2. The van der Waals surface area contributed by atoms with E-state index >= 15 is 0 Å². The molecular formula is C10H10ClN3O. The Morgan fingerprint density at radius 3 is 2.80 bits per heavy atom. The topological polar surface area (TPSA) is 64.1 Å².